The summed E-state index contributed by atoms with van der Waals surface area (Å²) in [6, 6.07) is 0. The van der Waals surface area contributed by atoms with Gasteiger partial charge in [0, 0.05) is 5.75 Å². The van der Waals surface area contributed by atoms with E-state index in [4.69, 9.17) is 0 Å². The third-order valence-corrected chi connectivity index (χ3v) is 5.86. The second-order valence-corrected chi connectivity index (χ2v) is 9.32. The molecule has 1 atom stereocenters. The van der Waals surface area contributed by atoms with Crippen molar-refractivity contribution in [1.29, 1.82) is 0 Å². The molecule has 1 N–H and O–H groups in total. The molecule has 0 fully saturated rings. The smallest absolute Gasteiger partial charge is 0.748 e. The molecule has 0 aliphatic carbocycles. The maximum absolute atomic E-state index is 10.5. The number of aliphatic hydroxyl groups is 1. The van der Waals surface area contributed by atoms with Crippen molar-refractivity contribution in [3.05, 3.63) is 0 Å². The molecule has 0 rings (SSSR count). The van der Waals surface area contributed by atoms with Crippen molar-refractivity contribution in [1.82, 2.24) is 0 Å². The SMILES string of the molecule is CCCCCC(O)CCCCCCCCCCCCCCCS(=O)(=O)[O-].[K+]. The third kappa shape index (κ3) is 27.5. The van der Waals surface area contributed by atoms with Gasteiger partial charge in [-0.15, -0.1) is 0 Å². The average molecular weight is 431 g/mol. The van der Waals surface area contributed by atoms with Crippen LogP contribution in [0, 0.1) is 0 Å². The van der Waals surface area contributed by atoms with Crippen molar-refractivity contribution in [2.24, 2.45) is 0 Å². The van der Waals surface area contributed by atoms with Crippen molar-refractivity contribution >= 4 is 10.1 Å². The predicted molar refractivity (Wildman–Crippen MR) is 109 cm³/mol. The summed E-state index contributed by atoms with van der Waals surface area (Å²) in [5.74, 6) is -0.204. The monoisotopic (exact) mass is 430 g/mol. The third-order valence-electron chi connectivity index (χ3n) is 5.07. The first-order valence-corrected chi connectivity index (χ1v) is 12.6. The van der Waals surface area contributed by atoms with E-state index in [1.807, 2.05) is 0 Å². The van der Waals surface area contributed by atoms with Gasteiger partial charge in [-0.25, -0.2) is 8.42 Å². The minimum Gasteiger partial charge on any atom is -0.748 e. The van der Waals surface area contributed by atoms with Gasteiger partial charge in [0.2, 0.25) is 0 Å². The number of rotatable bonds is 20. The van der Waals surface area contributed by atoms with Crippen molar-refractivity contribution in [3.8, 4) is 0 Å². The van der Waals surface area contributed by atoms with Gasteiger partial charge < -0.3 is 9.66 Å². The second-order valence-electron chi connectivity index (χ2n) is 7.80. The zero-order chi connectivity index (χ0) is 19.5. The molecule has 0 bridgehead atoms. The number of aliphatic hydroxyl groups excluding tert-OH is 1. The van der Waals surface area contributed by atoms with Crippen LogP contribution in [0.5, 0.6) is 0 Å². The fourth-order valence-electron chi connectivity index (χ4n) is 3.38. The van der Waals surface area contributed by atoms with Gasteiger partial charge in [-0.1, -0.05) is 103 Å². The number of unbranched alkanes of at least 4 members (excludes halogenated alkanes) is 14. The zero-order valence-corrected chi connectivity index (χ0v) is 22.0. The maximum atomic E-state index is 10.5. The van der Waals surface area contributed by atoms with Crippen LogP contribution in [0.4, 0.5) is 0 Å². The molecule has 0 saturated heterocycles. The van der Waals surface area contributed by atoms with E-state index in [0.29, 0.717) is 6.42 Å². The quantitative estimate of drug-likeness (QED) is 0.183. The van der Waals surface area contributed by atoms with Crippen molar-refractivity contribution in [2.75, 3.05) is 5.75 Å². The van der Waals surface area contributed by atoms with E-state index in [2.05, 4.69) is 6.92 Å². The van der Waals surface area contributed by atoms with Crippen LogP contribution in [-0.4, -0.2) is 29.9 Å². The van der Waals surface area contributed by atoms with E-state index in [1.54, 1.807) is 0 Å². The molecule has 0 aromatic heterocycles. The number of hydrogen-bond donors (Lipinski definition) is 1. The first-order chi connectivity index (χ1) is 12.5. The molecule has 1 unspecified atom stereocenters. The zero-order valence-electron chi connectivity index (χ0n) is 18.1. The van der Waals surface area contributed by atoms with Crippen LogP contribution in [0.25, 0.3) is 0 Å². The minimum atomic E-state index is -4.01. The Balaban J connectivity index is 0. The summed E-state index contributed by atoms with van der Waals surface area (Å²) in [4.78, 5) is 0. The molecule has 0 saturated carbocycles. The molecule has 0 amide bonds. The van der Waals surface area contributed by atoms with Crippen LogP contribution in [0.3, 0.4) is 0 Å². The Morgan fingerprint density at radius 2 is 1.00 bits per heavy atom. The van der Waals surface area contributed by atoms with Crippen LogP contribution in [0.15, 0.2) is 0 Å². The van der Waals surface area contributed by atoms with Crippen LogP contribution in [0.2, 0.25) is 0 Å². The van der Waals surface area contributed by atoms with E-state index in [9.17, 15) is 18.1 Å². The van der Waals surface area contributed by atoms with E-state index in [0.717, 1.165) is 32.1 Å². The second kappa shape index (κ2) is 22.2. The molecule has 27 heavy (non-hydrogen) atoms. The Hall–Kier alpha value is 1.51. The topological polar surface area (TPSA) is 77.4 Å². The van der Waals surface area contributed by atoms with Crippen molar-refractivity contribution in [3.63, 3.8) is 0 Å². The average Bonchev–Trinajstić information content (AvgIpc) is 2.57. The molecule has 0 aliphatic rings. The molecule has 0 aliphatic heterocycles. The molecule has 6 heteroatoms. The predicted octanol–water partition coefficient (Wildman–Crippen LogP) is 2.94. The van der Waals surface area contributed by atoms with Crippen LogP contribution >= 0.6 is 0 Å². The molecular formula is C21H43KO4S. The van der Waals surface area contributed by atoms with Gasteiger partial charge in [-0.05, 0) is 19.3 Å². The summed E-state index contributed by atoms with van der Waals surface area (Å²) in [6.07, 6.45) is 20.5. The summed E-state index contributed by atoms with van der Waals surface area (Å²) in [5, 5.41) is 9.86. The van der Waals surface area contributed by atoms with E-state index in [-0.39, 0.29) is 63.2 Å². The molecule has 0 aromatic rings. The summed E-state index contributed by atoms with van der Waals surface area (Å²) in [5.41, 5.74) is 0. The Morgan fingerprint density at radius 3 is 1.37 bits per heavy atom. The van der Waals surface area contributed by atoms with Gasteiger partial charge in [0.15, 0.2) is 0 Å². The summed E-state index contributed by atoms with van der Waals surface area (Å²) >= 11 is 0. The summed E-state index contributed by atoms with van der Waals surface area (Å²) < 4.78 is 31.4. The van der Waals surface area contributed by atoms with Gasteiger partial charge in [-0.2, -0.15) is 0 Å². The molecule has 0 radical (unpaired) electrons. The van der Waals surface area contributed by atoms with Crippen LogP contribution in [0.1, 0.15) is 122 Å². The fraction of sp³-hybridized carbons (Fsp3) is 1.00. The van der Waals surface area contributed by atoms with Crippen LogP contribution < -0.4 is 51.4 Å². The van der Waals surface area contributed by atoms with E-state index < -0.39 is 10.1 Å². The number of hydrogen-bond acceptors (Lipinski definition) is 4. The van der Waals surface area contributed by atoms with Gasteiger partial charge in [0.05, 0.1) is 16.2 Å². The Bertz CT molecular complexity index is 388. The Morgan fingerprint density at radius 1 is 0.667 bits per heavy atom. The standard InChI is InChI=1S/C21H44O4S.K/c1-2-3-15-18-21(22)19-16-13-11-9-7-5-4-6-8-10-12-14-17-20-26(23,24)25;/h21-22H,2-20H2,1H3,(H,23,24,25);/q;+1/p-1. The van der Waals surface area contributed by atoms with Gasteiger partial charge in [-0.3, -0.25) is 0 Å². The molecule has 0 heterocycles. The summed E-state index contributed by atoms with van der Waals surface area (Å²) in [7, 11) is -4.01. The molecule has 0 aromatic carbocycles. The largest absolute Gasteiger partial charge is 1.00 e. The van der Waals surface area contributed by atoms with Gasteiger partial charge >= 0.3 is 51.4 Å². The Labute approximate surface area is 211 Å². The first-order valence-electron chi connectivity index (χ1n) is 11.1. The molecule has 4 nitrogen and oxygen atoms in total. The van der Waals surface area contributed by atoms with Gasteiger partial charge in [0.25, 0.3) is 0 Å². The first kappa shape index (κ1) is 30.7. The Kier molecular flexibility index (Phi) is 25.2. The van der Waals surface area contributed by atoms with Gasteiger partial charge in [0.1, 0.15) is 0 Å². The molecule has 158 valence electrons. The van der Waals surface area contributed by atoms with E-state index in [1.165, 1.54) is 77.0 Å². The molecular weight excluding hydrogens is 387 g/mol. The fourth-order valence-corrected chi connectivity index (χ4v) is 3.94. The molecule has 0 spiro atoms. The summed E-state index contributed by atoms with van der Waals surface area (Å²) in [6.45, 7) is 2.20. The maximum Gasteiger partial charge on any atom is 1.00 e. The normalized spacial score (nSPS) is 12.7. The van der Waals surface area contributed by atoms with Crippen molar-refractivity contribution in [2.45, 2.75) is 129 Å². The minimum absolute atomic E-state index is 0. The van der Waals surface area contributed by atoms with Crippen LogP contribution in [-0.2, 0) is 10.1 Å². The van der Waals surface area contributed by atoms with E-state index >= 15 is 0 Å². The van der Waals surface area contributed by atoms with Crippen molar-refractivity contribution < 1.29 is 69.5 Å².